The third kappa shape index (κ3) is 4.65. The Hall–Kier alpha value is -3.34. The summed E-state index contributed by atoms with van der Waals surface area (Å²) in [6, 6.07) is 9.88. The minimum absolute atomic E-state index is 0. The molecule has 180 valence electrons. The van der Waals surface area contributed by atoms with E-state index >= 15 is 0 Å². The van der Waals surface area contributed by atoms with Crippen LogP contribution in [0.1, 0.15) is 25.0 Å². The fraction of sp³-hybridized carbons (Fsp3) is 0.346. The highest BCUT2D eigenvalue weighted by molar-refractivity contribution is 6.30. The lowest BCUT2D eigenvalue weighted by molar-refractivity contribution is 0.0323. The van der Waals surface area contributed by atoms with Crippen molar-refractivity contribution >= 4 is 29.0 Å². The molecule has 1 aromatic heterocycles. The Bertz CT molecular complexity index is 1270. The van der Waals surface area contributed by atoms with Crippen molar-refractivity contribution < 1.29 is 19.0 Å². The topological polar surface area (TPSA) is 68.3 Å². The van der Waals surface area contributed by atoms with Crippen molar-refractivity contribution in [3.63, 3.8) is 0 Å². The zero-order chi connectivity index (χ0) is 23.8. The van der Waals surface area contributed by atoms with Crippen LogP contribution in [0, 0.1) is 12.3 Å². The number of hydrogen-bond donors (Lipinski definition) is 1. The van der Waals surface area contributed by atoms with E-state index in [9.17, 15) is 0 Å². The maximum atomic E-state index is 5.98. The lowest BCUT2D eigenvalue weighted by atomic mass is 10.1. The smallest absolute Gasteiger partial charge is 0.191 e. The molecule has 1 aliphatic rings. The van der Waals surface area contributed by atoms with E-state index in [1.54, 1.807) is 28.1 Å². The van der Waals surface area contributed by atoms with Gasteiger partial charge in [-0.3, -0.25) is 0 Å². The van der Waals surface area contributed by atoms with Crippen molar-refractivity contribution in [1.29, 1.82) is 0 Å². The number of hydrogen-bond acceptors (Lipinski definition) is 6. The van der Waals surface area contributed by atoms with Gasteiger partial charge in [-0.1, -0.05) is 11.1 Å². The molecule has 8 heteroatoms. The Morgan fingerprint density at radius 1 is 1.06 bits per heavy atom. The first-order valence-corrected chi connectivity index (χ1v) is 10.7. The van der Waals surface area contributed by atoms with Gasteiger partial charge >= 0.3 is 0 Å². The van der Waals surface area contributed by atoms with Gasteiger partial charge in [0.25, 0.3) is 0 Å². The van der Waals surface area contributed by atoms with Gasteiger partial charge in [0.15, 0.2) is 17.1 Å². The monoisotopic (exact) mass is 483 g/mol. The molecular formula is C26H30ClN3O4. The average molecular weight is 484 g/mol. The van der Waals surface area contributed by atoms with E-state index in [1.807, 2.05) is 44.4 Å². The van der Waals surface area contributed by atoms with E-state index < -0.39 is 5.60 Å². The van der Waals surface area contributed by atoms with E-state index in [1.165, 1.54) is 0 Å². The number of halogens is 1. The van der Waals surface area contributed by atoms with Gasteiger partial charge in [-0.2, -0.15) is 0 Å². The molecule has 7 nitrogen and oxygen atoms in total. The fourth-order valence-corrected chi connectivity index (χ4v) is 3.75. The van der Waals surface area contributed by atoms with Crippen molar-refractivity contribution in [2.45, 2.75) is 19.4 Å². The van der Waals surface area contributed by atoms with Crippen molar-refractivity contribution in [3.05, 3.63) is 41.5 Å². The highest BCUT2D eigenvalue weighted by Crippen LogP contribution is 2.46. The van der Waals surface area contributed by atoms with Crippen molar-refractivity contribution in [2.24, 2.45) is 5.16 Å². The quantitative estimate of drug-likeness (QED) is 0.290. The van der Waals surface area contributed by atoms with Crippen LogP contribution in [-0.2, 0) is 4.84 Å². The molecule has 0 atom stereocenters. The summed E-state index contributed by atoms with van der Waals surface area (Å²) in [6.45, 7) is 5.03. The number of H-pyrrole nitrogens is 1. The van der Waals surface area contributed by atoms with Crippen LogP contribution in [0.4, 0.5) is 0 Å². The summed E-state index contributed by atoms with van der Waals surface area (Å²) >= 11 is 0. The van der Waals surface area contributed by atoms with E-state index in [4.69, 9.17) is 25.5 Å². The molecule has 0 fully saturated rings. The Kier molecular flexibility index (Phi) is 7.35. The predicted octanol–water partition coefficient (Wildman–Crippen LogP) is 4.71. The molecule has 0 spiro atoms. The molecule has 0 saturated carbocycles. The number of benzene rings is 2. The first-order valence-electron chi connectivity index (χ1n) is 10.7. The molecule has 3 aromatic rings. The molecule has 0 saturated heterocycles. The van der Waals surface area contributed by atoms with Gasteiger partial charge in [-0.05, 0) is 58.3 Å². The van der Waals surface area contributed by atoms with Crippen molar-refractivity contribution in [1.82, 2.24) is 9.88 Å². The number of ether oxygens (including phenoxy) is 3. The SMILES string of the molecule is C#CC(C)(C)O/N=C1/c2cc(OC)c(OC)cc2-c2[nH]c3ccc(OCCN(C)C)cc3c21.Cl. The van der Waals surface area contributed by atoms with E-state index in [0.717, 1.165) is 45.6 Å². The molecule has 0 aliphatic heterocycles. The highest BCUT2D eigenvalue weighted by Gasteiger charge is 2.32. The first-order chi connectivity index (χ1) is 15.8. The van der Waals surface area contributed by atoms with Crippen molar-refractivity contribution in [2.75, 3.05) is 41.5 Å². The summed E-state index contributed by atoms with van der Waals surface area (Å²) < 4.78 is 17.1. The van der Waals surface area contributed by atoms with Crippen LogP contribution >= 0.6 is 12.4 Å². The third-order valence-electron chi connectivity index (χ3n) is 5.57. The number of oxime groups is 1. The molecule has 4 rings (SSSR count). The Labute approximate surface area is 206 Å². The van der Waals surface area contributed by atoms with Crippen LogP contribution in [0.2, 0.25) is 0 Å². The Morgan fingerprint density at radius 3 is 2.35 bits per heavy atom. The van der Waals surface area contributed by atoms with E-state index in [-0.39, 0.29) is 12.4 Å². The van der Waals surface area contributed by atoms with Gasteiger partial charge in [-0.25, -0.2) is 0 Å². The molecule has 0 unspecified atom stereocenters. The molecule has 0 bridgehead atoms. The second-order valence-corrected chi connectivity index (χ2v) is 8.67. The first kappa shape index (κ1) is 25.3. The Morgan fingerprint density at radius 2 is 1.74 bits per heavy atom. The number of nitrogens with one attached hydrogen (secondary N) is 1. The number of terminal acetylenes is 1. The van der Waals surface area contributed by atoms with Crippen LogP contribution in [-0.4, -0.2) is 62.7 Å². The number of aromatic amines is 1. The summed E-state index contributed by atoms with van der Waals surface area (Å²) in [7, 11) is 7.27. The highest BCUT2D eigenvalue weighted by atomic mass is 35.5. The van der Waals surface area contributed by atoms with E-state index in [2.05, 4.69) is 21.0 Å². The van der Waals surface area contributed by atoms with Crippen molar-refractivity contribution in [3.8, 4) is 40.8 Å². The second-order valence-electron chi connectivity index (χ2n) is 8.67. The third-order valence-corrected chi connectivity index (χ3v) is 5.57. The largest absolute Gasteiger partial charge is 0.493 e. The molecule has 0 radical (unpaired) electrons. The molecule has 1 heterocycles. The normalized spacial score (nSPS) is 13.3. The van der Waals surface area contributed by atoms with Crippen LogP contribution in [0.25, 0.3) is 22.2 Å². The molecule has 34 heavy (non-hydrogen) atoms. The standard InChI is InChI=1S/C26H29N3O4.ClH/c1-8-26(2,3)33-28-25-18-15-22(31-7)21(30-6)14-17(18)24-23(25)19-13-16(9-10-20(19)27-24)32-12-11-29(4)5;/h1,9-10,13-15,27H,11-12H2,2-7H3;1H/b28-25-;. The number of rotatable bonds is 8. The lowest BCUT2D eigenvalue weighted by Crippen LogP contribution is -2.19. The number of methoxy groups -OCH3 is 2. The minimum atomic E-state index is -0.848. The van der Waals surface area contributed by atoms with Gasteiger partial charge < -0.3 is 28.9 Å². The molecule has 1 aliphatic carbocycles. The number of nitrogens with zero attached hydrogens (tertiary/aromatic N) is 2. The summed E-state index contributed by atoms with van der Waals surface area (Å²) in [6.07, 6.45) is 5.62. The predicted molar refractivity (Wildman–Crippen MR) is 138 cm³/mol. The van der Waals surface area contributed by atoms with Crippen LogP contribution in [0.3, 0.4) is 0 Å². The maximum Gasteiger partial charge on any atom is 0.191 e. The van der Waals surface area contributed by atoms with Gasteiger partial charge in [0.2, 0.25) is 0 Å². The summed E-state index contributed by atoms with van der Waals surface area (Å²) in [5.41, 5.74) is 4.51. The molecule has 1 N–H and O–H groups in total. The van der Waals surface area contributed by atoms with Gasteiger partial charge in [0.05, 0.1) is 19.9 Å². The van der Waals surface area contributed by atoms with Gasteiger partial charge in [0.1, 0.15) is 18.1 Å². The van der Waals surface area contributed by atoms with Crippen LogP contribution in [0.5, 0.6) is 17.2 Å². The lowest BCUT2D eigenvalue weighted by Gasteiger charge is -2.16. The van der Waals surface area contributed by atoms with Gasteiger partial charge in [0, 0.05) is 34.1 Å². The molecular weight excluding hydrogens is 454 g/mol. The zero-order valence-electron chi connectivity index (χ0n) is 20.3. The zero-order valence-corrected chi connectivity index (χ0v) is 21.1. The molecule has 0 amide bonds. The Balaban J connectivity index is 0.00000324. The van der Waals surface area contributed by atoms with Gasteiger partial charge in [-0.15, -0.1) is 18.8 Å². The van der Waals surface area contributed by atoms with Crippen LogP contribution < -0.4 is 14.2 Å². The summed E-state index contributed by atoms with van der Waals surface area (Å²) in [5.74, 6) is 4.67. The fourth-order valence-electron chi connectivity index (χ4n) is 3.75. The van der Waals surface area contributed by atoms with E-state index in [0.29, 0.717) is 23.8 Å². The molecule has 2 aromatic carbocycles. The number of fused-ring (bicyclic) bond motifs is 5. The van der Waals surface area contributed by atoms with Crippen LogP contribution in [0.15, 0.2) is 35.5 Å². The second kappa shape index (κ2) is 9.88. The maximum absolute atomic E-state index is 5.98. The minimum Gasteiger partial charge on any atom is -0.493 e. The summed E-state index contributed by atoms with van der Waals surface area (Å²) in [4.78, 5) is 11.4. The number of likely N-dealkylation sites (N-methyl/N-ethyl adjacent to an activating group) is 1. The summed E-state index contributed by atoms with van der Waals surface area (Å²) in [5, 5.41) is 5.52. The average Bonchev–Trinajstić information content (AvgIpc) is 3.30. The number of aromatic nitrogens is 1.